The Morgan fingerprint density at radius 2 is 1.56 bits per heavy atom. The van der Waals surface area contributed by atoms with Gasteiger partial charge in [-0.05, 0) is 54.6 Å². The summed E-state index contributed by atoms with van der Waals surface area (Å²) in [7, 11) is -1.16. The predicted octanol–water partition coefficient (Wildman–Crippen LogP) is 5.75. The van der Waals surface area contributed by atoms with E-state index < -0.39 is 10.3 Å². The van der Waals surface area contributed by atoms with Gasteiger partial charge < -0.3 is 9.30 Å². The van der Waals surface area contributed by atoms with Crippen molar-refractivity contribution < 1.29 is 22.2 Å². The van der Waals surface area contributed by atoms with Gasteiger partial charge in [-0.1, -0.05) is 41.6 Å². The lowest BCUT2D eigenvalue weighted by Gasteiger charge is -2.18. The first-order valence-electron chi connectivity index (χ1n) is 12.4. The summed E-state index contributed by atoms with van der Waals surface area (Å²) in [6.07, 6.45) is 0.511. The Bertz CT molecular complexity index is 1860. The van der Waals surface area contributed by atoms with Crippen LogP contribution in [0.2, 0.25) is 0 Å². The van der Waals surface area contributed by atoms with Gasteiger partial charge in [-0.3, -0.25) is 9.08 Å². The maximum atomic E-state index is 13.4. The molecular weight excluding hydrogens is 514 g/mol. The summed E-state index contributed by atoms with van der Waals surface area (Å²) in [5.74, 6) is 1.30. The van der Waals surface area contributed by atoms with Gasteiger partial charge in [0.1, 0.15) is 11.5 Å². The van der Waals surface area contributed by atoms with E-state index in [0.29, 0.717) is 35.6 Å². The number of nitrogens with zero attached hydrogens (tertiary/aromatic N) is 3. The molecule has 196 valence electrons. The molecule has 6 rings (SSSR count). The van der Waals surface area contributed by atoms with Crippen molar-refractivity contribution >= 4 is 43.6 Å². The molecule has 9 heteroatoms. The van der Waals surface area contributed by atoms with E-state index >= 15 is 0 Å². The fourth-order valence-electron chi connectivity index (χ4n) is 4.84. The highest BCUT2D eigenvalue weighted by molar-refractivity contribution is 7.84. The Hall–Kier alpha value is -4.47. The van der Waals surface area contributed by atoms with Crippen molar-refractivity contribution in [3.63, 3.8) is 0 Å². The molecule has 1 aliphatic heterocycles. The zero-order chi connectivity index (χ0) is 27.1. The first kappa shape index (κ1) is 24.8. The Balaban J connectivity index is 1.33. The summed E-state index contributed by atoms with van der Waals surface area (Å²) in [4.78, 5) is 13.4. The van der Waals surface area contributed by atoms with Crippen LogP contribution in [0.1, 0.15) is 27.9 Å². The van der Waals surface area contributed by atoms with Gasteiger partial charge in [0.05, 0.1) is 11.2 Å². The molecule has 5 aromatic rings. The van der Waals surface area contributed by atoms with Gasteiger partial charge in [0.2, 0.25) is 0 Å². The van der Waals surface area contributed by atoms with Crippen LogP contribution in [0.4, 0.5) is 0 Å². The lowest BCUT2D eigenvalue weighted by molar-refractivity contribution is 0.103. The van der Waals surface area contributed by atoms with Crippen molar-refractivity contribution in [1.82, 2.24) is 8.87 Å². The Morgan fingerprint density at radius 1 is 0.846 bits per heavy atom. The minimum atomic E-state index is -3.94. The Labute approximate surface area is 225 Å². The summed E-state index contributed by atoms with van der Waals surface area (Å²) in [5.41, 5.74) is 4.47. The number of rotatable bonds is 7. The molecule has 0 bridgehead atoms. The number of para-hydroxylation sites is 2. The van der Waals surface area contributed by atoms with Crippen LogP contribution in [0.25, 0.3) is 21.8 Å². The van der Waals surface area contributed by atoms with Gasteiger partial charge in [-0.15, -0.1) is 0 Å². The minimum absolute atomic E-state index is 0.0837. The maximum Gasteiger partial charge on any atom is 0.404 e. The first-order chi connectivity index (χ1) is 18.8. The molecule has 0 N–H and O–H groups in total. The van der Waals surface area contributed by atoms with E-state index in [0.717, 1.165) is 37.4 Å². The van der Waals surface area contributed by atoms with Crippen LogP contribution in [0.15, 0.2) is 96.2 Å². The molecule has 0 saturated carbocycles. The Kier molecular flexibility index (Phi) is 6.17. The van der Waals surface area contributed by atoms with E-state index in [9.17, 15) is 13.2 Å². The van der Waals surface area contributed by atoms with Gasteiger partial charge in [-0.2, -0.15) is 12.7 Å². The molecule has 39 heavy (non-hydrogen) atoms. The molecule has 4 aromatic carbocycles. The average molecular weight is 540 g/mol. The third-order valence-electron chi connectivity index (χ3n) is 6.81. The van der Waals surface area contributed by atoms with Crippen molar-refractivity contribution in [2.75, 3.05) is 14.1 Å². The van der Waals surface area contributed by atoms with E-state index in [1.54, 1.807) is 24.3 Å². The second-order valence-electron chi connectivity index (χ2n) is 9.46. The molecule has 0 radical (unpaired) electrons. The number of aromatic nitrogens is 1. The molecule has 0 amide bonds. The molecule has 1 aromatic heterocycles. The van der Waals surface area contributed by atoms with Crippen LogP contribution in [-0.2, 0) is 21.1 Å². The third-order valence-corrected chi connectivity index (χ3v) is 7.97. The molecule has 0 aliphatic carbocycles. The zero-order valence-corrected chi connectivity index (χ0v) is 22.2. The largest absolute Gasteiger partial charge is 0.457 e. The molecule has 1 aliphatic rings. The average Bonchev–Trinajstić information content (AvgIpc) is 3.27. The van der Waals surface area contributed by atoms with E-state index in [2.05, 4.69) is 9.72 Å². The topological polar surface area (TPSA) is 90.2 Å². The Morgan fingerprint density at radius 3 is 2.31 bits per heavy atom. The van der Waals surface area contributed by atoms with Crippen molar-refractivity contribution in [3.8, 4) is 11.5 Å². The second-order valence-corrected chi connectivity index (χ2v) is 11.2. The van der Waals surface area contributed by atoms with Gasteiger partial charge in [0, 0.05) is 60.0 Å². The van der Waals surface area contributed by atoms with Crippen molar-refractivity contribution in [3.05, 3.63) is 108 Å². The van der Waals surface area contributed by atoms with Crippen LogP contribution < -0.4 is 4.74 Å². The van der Waals surface area contributed by atoms with Crippen LogP contribution in [-0.4, -0.2) is 42.9 Å². The smallest absolute Gasteiger partial charge is 0.404 e. The van der Waals surface area contributed by atoms with Crippen LogP contribution in [0.3, 0.4) is 0 Å². The summed E-state index contributed by atoms with van der Waals surface area (Å²) in [5, 5.41) is 5.91. The normalized spacial score (nSPS) is 14.3. The standard InChI is InChI=1S/C30H25N3O5S/c1-32(2)39(35,36)38-31-27-17-18-33-28-16-13-21(19-26(28)24-9-6-10-25(27)29(24)33)30(34)20-11-14-23(15-12-20)37-22-7-4-3-5-8-22/h3-16,19H,17-18H2,1-2H3/b31-27+. The van der Waals surface area contributed by atoms with Gasteiger partial charge in [-0.25, -0.2) is 0 Å². The number of carbonyl (C=O) groups is 1. The monoisotopic (exact) mass is 539 g/mol. The quantitative estimate of drug-likeness (QED) is 0.194. The maximum absolute atomic E-state index is 13.4. The predicted molar refractivity (Wildman–Crippen MR) is 151 cm³/mol. The summed E-state index contributed by atoms with van der Waals surface area (Å²) < 4.78 is 38.1. The molecule has 0 fully saturated rings. The molecular formula is C30H25N3O5S. The second kappa shape index (κ2) is 9.68. The number of ketones is 1. The van der Waals surface area contributed by atoms with Gasteiger partial charge in [0.25, 0.3) is 0 Å². The summed E-state index contributed by atoms with van der Waals surface area (Å²) in [6, 6.07) is 28.2. The van der Waals surface area contributed by atoms with Crippen molar-refractivity contribution in [1.29, 1.82) is 0 Å². The number of fused-ring (bicyclic) bond motifs is 3. The van der Waals surface area contributed by atoms with Crippen molar-refractivity contribution in [2.45, 2.75) is 13.0 Å². The van der Waals surface area contributed by atoms with E-state index in [-0.39, 0.29) is 5.78 Å². The molecule has 8 nitrogen and oxygen atoms in total. The fraction of sp³-hybridized carbons (Fsp3) is 0.133. The number of benzene rings is 4. The molecule has 0 spiro atoms. The lowest BCUT2D eigenvalue weighted by atomic mass is 9.99. The first-order valence-corrected chi connectivity index (χ1v) is 13.8. The third kappa shape index (κ3) is 4.56. The van der Waals surface area contributed by atoms with E-state index in [1.807, 2.05) is 66.7 Å². The van der Waals surface area contributed by atoms with Crippen LogP contribution in [0, 0.1) is 0 Å². The number of hydrogen-bond acceptors (Lipinski definition) is 6. The molecule has 0 atom stereocenters. The molecule has 2 heterocycles. The number of ether oxygens (including phenoxy) is 1. The summed E-state index contributed by atoms with van der Waals surface area (Å²) >= 11 is 0. The molecule has 0 saturated heterocycles. The van der Waals surface area contributed by atoms with Gasteiger partial charge in [0.15, 0.2) is 5.78 Å². The highest BCUT2D eigenvalue weighted by Gasteiger charge is 2.24. The van der Waals surface area contributed by atoms with Gasteiger partial charge >= 0.3 is 10.3 Å². The van der Waals surface area contributed by atoms with E-state index in [1.165, 1.54) is 14.1 Å². The van der Waals surface area contributed by atoms with Crippen LogP contribution >= 0.6 is 0 Å². The number of oxime groups is 1. The number of hydrogen-bond donors (Lipinski definition) is 0. The molecule has 0 unspecified atom stereocenters. The SMILES string of the molecule is CN(C)S(=O)(=O)O/N=C1\CCn2c3ccc(C(=O)c4ccc(Oc5ccccc5)cc4)cc3c3cccc1c32. The fourth-order valence-corrected chi connectivity index (χ4v) is 5.15. The highest BCUT2D eigenvalue weighted by atomic mass is 32.2. The minimum Gasteiger partial charge on any atom is -0.457 e. The lowest BCUT2D eigenvalue weighted by Crippen LogP contribution is -2.24. The zero-order valence-electron chi connectivity index (χ0n) is 21.4. The van der Waals surface area contributed by atoms with Crippen molar-refractivity contribution in [2.24, 2.45) is 5.16 Å². The number of carbonyl (C=O) groups excluding carboxylic acids is 1. The highest BCUT2D eigenvalue weighted by Crippen LogP contribution is 2.36. The van der Waals surface area contributed by atoms with Crippen LogP contribution in [0.5, 0.6) is 11.5 Å². The van der Waals surface area contributed by atoms with E-state index in [4.69, 9.17) is 9.02 Å². The number of aryl methyl sites for hydroxylation is 1. The summed E-state index contributed by atoms with van der Waals surface area (Å²) in [6.45, 7) is 0.609.